The summed E-state index contributed by atoms with van der Waals surface area (Å²) in [4.78, 5) is 29.7. The van der Waals surface area contributed by atoms with Crippen LogP contribution in [0, 0.1) is 5.82 Å². The van der Waals surface area contributed by atoms with E-state index in [0.29, 0.717) is 19.4 Å². The van der Waals surface area contributed by atoms with Crippen molar-refractivity contribution >= 4 is 28.4 Å². The molecule has 26 heavy (non-hydrogen) atoms. The zero-order chi connectivity index (χ0) is 18.1. The molecular formula is C20H18FN3O2. The molecule has 3 aromatic rings. The van der Waals surface area contributed by atoms with E-state index in [1.807, 2.05) is 30.5 Å². The van der Waals surface area contributed by atoms with Crippen molar-refractivity contribution in [1.29, 1.82) is 0 Å². The maximum absolute atomic E-state index is 13.8. The number of carbonyl (C=O) groups is 2. The summed E-state index contributed by atoms with van der Waals surface area (Å²) in [6.45, 7) is 0.345. The quantitative estimate of drug-likeness (QED) is 0.756. The van der Waals surface area contributed by atoms with Crippen molar-refractivity contribution in [2.45, 2.75) is 25.4 Å². The Kier molecular flexibility index (Phi) is 4.16. The first kappa shape index (κ1) is 16.3. The number of halogens is 1. The second-order valence-electron chi connectivity index (χ2n) is 6.40. The van der Waals surface area contributed by atoms with Gasteiger partial charge in [-0.1, -0.05) is 30.3 Å². The number of aromatic nitrogens is 1. The molecule has 2 amide bonds. The van der Waals surface area contributed by atoms with E-state index in [9.17, 15) is 14.0 Å². The lowest BCUT2D eigenvalue weighted by atomic mass is 10.1. The first-order valence-electron chi connectivity index (χ1n) is 8.53. The Balaban J connectivity index is 1.55. The molecule has 1 fully saturated rings. The van der Waals surface area contributed by atoms with Crippen LogP contribution in [0.4, 0.5) is 10.1 Å². The van der Waals surface area contributed by atoms with Crippen LogP contribution < -0.4 is 5.32 Å². The first-order valence-corrected chi connectivity index (χ1v) is 8.53. The summed E-state index contributed by atoms with van der Waals surface area (Å²) >= 11 is 0. The zero-order valence-electron chi connectivity index (χ0n) is 14.0. The molecular weight excluding hydrogens is 333 g/mol. The summed E-state index contributed by atoms with van der Waals surface area (Å²) in [5.41, 5.74) is 2.07. The predicted molar refractivity (Wildman–Crippen MR) is 96.9 cm³/mol. The Hall–Kier alpha value is -3.15. The average molecular weight is 351 g/mol. The minimum absolute atomic E-state index is 0.0658. The molecule has 1 unspecified atom stereocenters. The lowest BCUT2D eigenvalue weighted by Crippen LogP contribution is -2.41. The van der Waals surface area contributed by atoms with E-state index in [1.54, 1.807) is 17.0 Å². The normalized spacial score (nSPS) is 17.0. The van der Waals surface area contributed by atoms with Crippen LogP contribution in [-0.4, -0.2) is 27.7 Å². The van der Waals surface area contributed by atoms with E-state index in [2.05, 4.69) is 10.3 Å². The highest BCUT2D eigenvalue weighted by Crippen LogP contribution is 2.26. The van der Waals surface area contributed by atoms with Crippen LogP contribution in [-0.2, 0) is 16.1 Å². The third-order valence-electron chi connectivity index (χ3n) is 4.78. The summed E-state index contributed by atoms with van der Waals surface area (Å²) in [7, 11) is 0. The maximum atomic E-state index is 13.8. The van der Waals surface area contributed by atoms with Gasteiger partial charge in [0.05, 0.1) is 5.69 Å². The number of hydrogen-bond donors (Lipinski definition) is 2. The van der Waals surface area contributed by atoms with Gasteiger partial charge < -0.3 is 15.2 Å². The minimum Gasteiger partial charge on any atom is -0.361 e. The summed E-state index contributed by atoms with van der Waals surface area (Å²) < 4.78 is 13.8. The van der Waals surface area contributed by atoms with Crippen LogP contribution in [0.3, 0.4) is 0 Å². The van der Waals surface area contributed by atoms with Crippen LogP contribution >= 0.6 is 0 Å². The predicted octanol–water partition coefficient (Wildman–Crippen LogP) is 3.44. The second-order valence-corrected chi connectivity index (χ2v) is 6.40. The van der Waals surface area contributed by atoms with Crippen LogP contribution in [0.2, 0.25) is 0 Å². The molecule has 0 saturated carbocycles. The van der Waals surface area contributed by atoms with E-state index in [4.69, 9.17) is 0 Å². The average Bonchev–Trinajstić information content (AvgIpc) is 3.22. The molecule has 132 valence electrons. The third-order valence-corrected chi connectivity index (χ3v) is 4.78. The number of likely N-dealkylation sites (tertiary alicyclic amines) is 1. The van der Waals surface area contributed by atoms with Gasteiger partial charge in [-0.25, -0.2) is 4.39 Å². The Morgan fingerprint density at radius 2 is 1.96 bits per heavy atom. The highest BCUT2D eigenvalue weighted by atomic mass is 19.1. The molecule has 5 nitrogen and oxygen atoms in total. The number of para-hydroxylation sites is 2. The number of nitrogens with zero attached hydrogens (tertiary/aromatic N) is 1. The zero-order valence-corrected chi connectivity index (χ0v) is 14.0. The highest BCUT2D eigenvalue weighted by Gasteiger charge is 2.36. The van der Waals surface area contributed by atoms with Gasteiger partial charge in [-0.2, -0.15) is 0 Å². The van der Waals surface area contributed by atoms with E-state index < -0.39 is 11.9 Å². The third kappa shape index (κ3) is 2.94. The lowest BCUT2D eigenvalue weighted by molar-refractivity contribution is -0.133. The number of rotatable bonds is 4. The molecule has 2 aromatic carbocycles. The minimum atomic E-state index is -0.601. The molecule has 1 aliphatic rings. The SMILES string of the molecule is O=C(Nc1ccccc1F)C1CCC(=O)N1Cc1c[nH]c2ccccc12. The number of nitrogens with one attached hydrogen (secondary N) is 2. The molecule has 1 aromatic heterocycles. The maximum Gasteiger partial charge on any atom is 0.247 e. The number of anilines is 1. The number of fused-ring (bicyclic) bond motifs is 1. The fraction of sp³-hybridized carbons (Fsp3) is 0.200. The molecule has 0 radical (unpaired) electrons. The number of aromatic amines is 1. The molecule has 0 bridgehead atoms. The van der Waals surface area contributed by atoms with Gasteiger partial charge in [0.25, 0.3) is 0 Å². The van der Waals surface area contributed by atoms with E-state index in [1.165, 1.54) is 12.1 Å². The lowest BCUT2D eigenvalue weighted by Gasteiger charge is -2.24. The molecule has 1 aliphatic heterocycles. The summed E-state index contributed by atoms with van der Waals surface area (Å²) in [6.07, 6.45) is 2.61. The van der Waals surface area contributed by atoms with Gasteiger partial charge in [0.2, 0.25) is 11.8 Å². The fourth-order valence-corrected chi connectivity index (χ4v) is 3.43. The van der Waals surface area contributed by atoms with E-state index in [-0.39, 0.29) is 17.5 Å². The topological polar surface area (TPSA) is 65.2 Å². The number of H-pyrrole nitrogens is 1. The summed E-state index contributed by atoms with van der Waals surface area (Å²) in [5.74, 6) is -0.918. The van der Waals surface area contributed by atoms with E-state index >= 15 is 0 Å². The van der Waals surface area contributed by atoms with Crippen molar-refractivity contribution in [1.82, 2.24) is 9.88 Å². The number of carbonyl (C=O) groups excluding carboxylic acids is 2. The van der Waals surface area contributed by atoms with Crippen LogP contribution in [0.25, 0.3) is 10.9 Å². The smallest absolute Gasteiger partial charge is 0.247 e. The van der Waals surface area contributed by atoms with Crippen molar-refractivity contribution in [3.8, 4) is 0 Å². The van der Waals surface area contributed by atoms with Crippen molar-refractivity contribution < 1.29 is 14.0 Å². The number of hydrogen-bond acceptors (Lipinski definition) is 2. The Morgan fingerprint density at radius 1 is 1.19 bits per heavy atom. The monoisotopic (exact) mass is 351 g/mol. The van der Waals surface area contributed by atoms with Crippen LogP contribution in [0.15, 0.2) is 54.7 Å². The van der Waals surface area contributed by atoms with Gasteiger partial charge in [-0.3, -0.25) is 9.59 Å². The summed E-state index contributed by atoms with van der Waals surface area (Å²) in [6, 6.07) is 13.2. The second kappa shape index (κ2) is 6.63. The Labute approximate surface area is 149 Å². The molecule has 4 rings (SSSR count). The summed E-state index contributed by atoms with van der Waals surface area (Å²) in [5, 5.41) is 3.63. The molecule has 1 atom stereocenters. The van der Waals surface area contributed by atoms with Gasteiger partial charge >= 0.3 is 0 Å². The van der Waals surface area contributed by atoms with Gasteiger partial charge in [0, 0.05) is 30.1 Å². The highest BCUT2D eigenvalue weighted by molar-refractivity contribution is 5.99. The van der Waals surface area contributed by atoms with Crippen LogP contribution in [0.1, 0.15) is 18.4 Å². The first-order chi connectivity index (χ1) is 12.6. The van der Waals surface area contributed by atoms with Crippen LogP contribution in [0.5, 0.6) is 0 Å². The number of benzene rings is 2. The molecule has 1 saturated heterocycles. The van der Waals surface area contributed by atoms with Crippen molar-refractivity contribution in [2.75, 3.05) is 5.32 Å². The molecule has 2 N–H and O–H groups in total. The van der Waals surface area contributed by atoms with Crippen molar-refractivity contribution in [3.63, 3.8) is 0 Å². The van der Waals surface area contributed by atoms with Crippen molar-refractivity contribution in [2.24, 2.45) is 0 Å². The standard InChI is InChI=1S/C20H18FN3O2/c21-15-6-2-4-8-17(15)23-20(26)18-9-10-19(25)24(18)12-13-11-22-16-7-3-1-5-14(13)16/h1-8,11,18,22H,9-10,12H2,(H,23,26). The molecule has 0 spiro atoms. The van der Waals surface area contributed by atoms with E-state index in [0.717, 1.165) is 16.5 Å². The molecule has 2 heterocycles. The fourth-order valence-electron chi connectivity index (χ4n) is 3.43. The van der Waals surface area contributed by atoms with Gasteiger partial charge in [0.1, 0.15) is 11.9 Å². The van der Waals surface area contributed by atoms with Gasteiger partial charge in [-0.15, -0.1) is 0 Å². The Bertz CT molecular complexity index is 982. The number of amides is 2. The largest absolute Gasteiger partial charge is 0.361 e. The molecule has 6 heteroatoms. The van der Waals surface area contributed by atoms with Gasteiger partial charge in [0.15, 0.2) is 0 Å². The molecule has 0 aliphatic carbocycles. The van der Waals surface area contributed by atoms with Gasteiger partial charge in [-0.05, 0) is 30.2 Å². The Morgan fingerprint density at radius 3 is 2.81 bits per heavy atom. The van der Waals surface area contributed by atoms with Crippen molar-refractivity contribution in [3.05, 3.63) is 66.1 Å².